The third-order valence-electron chi connectivity index (χ3n) is 0.852. The Morgan fingerprint density at radius 3 is 3.00 bits per heavy atom. The van der Waals surface area contributed by atoms with Gasteiger partial charge in [0.1, 0.15) is 0 Å². The van der Waals surface area contributed by atoms with Gasteiger partial charge in [0, 0.05) is 12.6 Å². The third kappa shape index (κ3) is 1.06. The predicted molar refractivity (Wildman–Crippen MR) is 34.7 cm³/mol. The number of thioether (sulfide) groups is 1. The Labute approximate surface area is 47.5 Å². The summed E-state index contributed by atoms with van der Waals surface area (Å²) in [5.74, 6) is 0. The Hall–Kier alpha value is -0.240. The van der Waals surface area contributed by atoms with E-state index in [1.54, 1.807) is 11.8 Å². The van der Waals surface area contributed by atoms with Gasteiger partial charge in [0.15, 0.2) is 0 Å². The highest BCUT2D eigenvalue weighted by Gasteiger charge is 1.94. The van der Waals surface area contributed by atoms with Crippen LogP contribution in [0, 0.1) is 0 Å². The van der Waals surface area contributed by atoms with Crippen LogP contribution < -0.4 is 0 Å². The van der Waals surface area contributed by atoms with Gasteiger partial charge in [-0.15, -0.1) is 11.8 Å². The van der Waals surface area contributed by atoms with E-state index >= 15 is 0 Å². The molecular weight excluding hydrogens is 106 g/mol. The normalized spacial score (nSPS) is 17.6. The highest BCUT2D eigenvalue weighted by atomic mass is 32.2. The molecule has 0 radical (unpaired) electrons. The molecule has 1 aliphatic heterocycles. The average molecular weight is 113 g/mol. The Morgan fingerprint density at radius 2 is 2.71 bits per heavy atom. The molecule has 0 saturated heterocycles. The van der Waals surface area contributed by atoms with Crippen molar-refractivity contribution in [1.29, 1.82) is 0 Å². The monoisotopic (exact) mass is 113 g/mol. The summed E-state index contributed by atoms with van der Waals surface area (Å²) in [5, 5.41) is 1.22. The maximum Gasteiger partial charge on any atom is 0.0766 e. The quantitative estimate of drug-likeness (QED) is 0.465. The minimum absolute atomic E-state index is 1.04. The van der Waals surface area contributed by atoms with E-state index in [2.05, 4.69) is 11.1 Å². The maximum atomic E-state index is 4.05. The second kappa shape index (κ2) is 2.17. The van der Waals surface area contributed by atoms with Gasteiger partial charge in [-0.1, -0.05) is 6.08 Å². The third-order valence-corrected chi connectivity index (χ3v) is 1.60. The van der Waals surface area contributed by atoms with Crippen molar-refractivity contribution in [1.82, 2.24) is 0 Å². The standard InChI is InChI=1S/C5H7NS/c1-7-5-3-2-4-6-5/h2,4H,3H2,1H3. The molecule has 0 bridgehead atoms. The molecule has 0 aromatic heterocycles. The fraction of sp³-hybridized carbons (Fsp3) is 0.400. The van der Waals surface area contributed by atoms with E-state index in [0.717, 1.165) is 6.42 Å². The minimum Gasteiger partial charge on any atom is -0.254 e. The highest BCUT2D eigenvalue weighted by Crippen LogP contribution is 2.08. The van der Waals surface area contributed by atoms with E-state index < -0.39 is 0 Å². The first-order valence-electron chi connectivity index (χ1n) is 2.19. The number of aliphatic imine (C=N–C) groups is 1. The Bertz CT molecular complexity index is 115. The van der Waals surface area contributed by atoms with Gasteiger partial charge in [-0.25, -0.2) is 0 Å². The lowest BCUT2D eigenvalue weighted by Gasteiger charge is -1.85. The molecule has 0 spiro atoms. The summed E-state index contributed by atoms with van der Waals surface area (Å²) in [4.78, 5) is 4.05. The van der Waals surface area contributed by atoms with Gasteiger partial charge in [0.05, 0.1) is 5.04 Å². The first-order chi connectivity index (χ1) is 3.43. The number of allylic oxidation sites excluding steroid dienone is 1. The summed E-state index contributed by atoms with van der Waals surface area (Å²) in [7, 11) is 0. The number of rotatable bonds is 0. The molecule has 0 amide bonds. The first-order valence-corrected chi connectivity index (χ1v) is 3.41. The van der Waals surface area contributed by atoms with Crippen molar-refractivity contribution in [3.63, 3.8) is 0 Å². The largest absolute Gasteiger partial charge is 0.254 e. The summed E-state index contributed by atoms with van der Waals surface area (Å²) in [6.07, 6.45) is 7.00. The second-order valence-electron chi connectivity index (χ2n) is 1.32. The van der Waals surface area contributed by atoms with Crippen molar-refractivity contribution in [2.75, 3.05) is 6.26 Å². The molecule has 0 atom stereocenters. The van der Waals surface area contributed by atoms with Crippen molar-refractivity contribution in [3.8, 4) is 0 Å². The predicted octanol–water partition coefficient (Wildman–Crippen LogP) is 1.67. The zero-order valence-electron chi connectivity index (χ0n) is 4.22. The van der Waals surface area contributed by atoms with Crippen molar-refractivity contribution in [3.05, 3.63) is 12.3 Å². The fourth-order valence-electron chi connectivity index (χ4n) is 0.478. The lowest BCUT2D eigenvalue weighted by atomic mass is 10.5. The summed E-state index contributed by atoms with van der Waals surface area (Å²) >= 11 is 1.72. The van der Waals surface area contributed by atoms with Crippen molar-refractivity contribution in [2.24, 2.45) is 4.99 Å². The molecule has 1 aliphatic rings. The molecule has 7 heavy (non-hydrogen) atoms. The van der Waals surface area contributed by atoms with E-state index in [4.69, 9.17) is 0 Å². The second-order valence-corrected chi connectivity index (χ2v) is 2.20. The van der Waals surface area contributed by atoms with Gasteiger partial charge in [0.2, 0.25) is 0 Å². The topological polar surface area (TPSA) is 12.4 Å². The van der Waals surface area contributed by atoms with E-state index in [1.165, 1.54) is 5.04 Å². The first kappa shape index (κ1) is 4.91. The van der Waals surface area contributed by atoms with Crippen LogP contribution in [-0.2, 0) is 0 Å². The summed E-state index contributed by atoms with van der Waals surface area (Å²) in [5.41, 5.74) is 0. The lowest BCUT2D eigenvalue weighted by Crippen LogP contribution is -1.79. The molecule has 0 aliphatic carbocycles. The van der Waals surface area contributed by atoms with Crippen LogP contribution in [0.25, 0.3) is 0 Å². The van der Waals surface area contributed by atoms with Crippen LogP contribution in [0.2, 0.25) is 0 Å². The Balaban J connectivity index is 2.45. The van der Waals surface area contributed by atoms with Crippen molar-refractivity contribution in [2.45, 2.75) is 6.42 Å². The van der Waals surface area contributed by atoms with Gasteiger partial charge >= 0.3 is 0 Å². The van der Waals surface area contributed by atoms with Crippen LogP contribution >= 0.6 is 11.8 Å². The molecule has 0 saturated carbocycles. The van der Waals surface area contributed by atoms with Gasteiger partial charge in [0.25, 0.3) is 0 Å². The summed E-state index contributed by atoms with van der Waals surface area (Å²) < 4.78 is 0. The number of nitrogens with zero attached hydrogens (tertiary/aromatic N) is 1. The van der Waals surface area contributed by atoms with Gasteiger partial charge in [-0.3, -0.25) is 4.99 Å². The van der Waals surface area contributed by atoms with Gasteiger partial charge < -0.3 is 0 Å². The highest BCUT2D eigenvalue weighted by molar-refractivity contribution is 8.13. The zero-order chi connectivity index (χ0) is 5.11. The summed E-state index contributed by atoms with van der Waals surface area (Å²) in [6.45, 7) is 0. The Morgan fingerprint density at radius 1 is 1.86 bits per heavy atom. The molecule has 1 rings (SSSR count). The van der Waals surface area contributed by atoms with Crippen LogP contribution in [0.5, 0.6) is 0 Å². The number of hydrogen-bond donors (Lipinski definition) is 0. The average Bonchev–Trinajstić information content (AvgIpc) is 2.14. The van der Waals surface area contributed by atoms with Crippen LogP contribution in [0.1, 0.15) is 6.42 Å². The fourth-order valence-corrected chi connectivity index (χ4v) is 0.907. The van der Waals surface area contributed by atoms with Crippen LogP contribution in [-0.4, -0.2) is 11.3 Å². The van der Waals surface area contributed by atoms with Gasteiger partial charge in [-0.2, -0.15) is 0 Å². The zero-order valence-corrected chi connectivity index (χ0v) is 5.03. The molecule has 1 heterocycles. The molecule has 0 N–H and O–H groups in total. The lowest BCUT2D eigenvalue weighted by molar-refractivity contribution is 1.59. The van der Waals surface area contributed by atoms with Crippen molar-refractivity contribution < 1.29 is 0 Å². The van der Waals surface area contributed by atoms with Gasteiger partial charge in [-0.05, 0) is 6.26 Å². The smallest absolute Gasteiger partial charge is 0.0766 e. The molecule has 0 aromatic carbocycles. The molecular formula is C5H7NS. The number of hydrogen-bond acceptors (Lipinski definition) is 2. The van der Waals surface area contributed by atoms with E-state index in [1.807, 2.05) is 12.5 Å². The van der Waals surface area contributed by atoms with Crippen LogP contribution in [0.4, 0.5) is 0 Å². The van der Waals surface area contributed by atoms with E-state index in [9.17, 15) is 0 Å². The van der Waals surface area contributed by atoms with E-state index in [-0.39, 0.29) is 0 Å². The molecule has 2 heteroatoms. The molecule has 0 fully saturated rings. The van der Waals surface area contributed by atoms with Crippen LogP contribution in [0.3, 0.4) is 0 Å². The van der Waals surface area contributed by atoms with E-state index in [0.29, 0.717) is 0 Å². The molecule has 0 aromatic rings. The molecule has 38 valence electrons. The summed E-state index contributed by atoms with van der Waals surface area (Å²) in [6, 6.07) is 0. The molecule has 0 unspecified atom stereocenters. The SMILES string of the molecule is CSC1=NC=CC1. The Kier molecular flexibility index (Phi) is 1.52. The maximum absolute atomic E-state index is 4.05. The van der Waals surface area contributed by atoms with Crippen molar-refractivity contribution >= 4 is 16.8 Å². The molecule has 1 nitrogen and oxygen atoms in total. The minimum atomic E-state index is 1.04. The van der Waals surface area contributed by atoms with Crippen LogP contribution in [0.15, 0.2) is 17.3 Å².